The van der Waals surface area contributed by atoms with Gasteiger partial charge < -0.3 is 10.1 Å². The Balaban J connectivity index is 1.60. The van der Waals surface area contributed by atoms with Crippen molar-refractivity contribution in [1.29, 1.82) is 0 Å². The van der Waals surface area contributed by atoms with Crippen molar-refractivity contribution in [1.82, 2.24) is 4.90 Å². The summed E-state index contributed by atoms with van der Waals surface area (Å²) in [6.07, 6.45) is 5.63. The lowest BCUT2D eigenvalue weighted by Crippen LogP contribution is -2.41. The van der Waals surface area contributed by atoms with E-state index in [1.54, 1.807) is 0 Å². The van der Waals surface area contributed by atoms with E-state index >= 15 is 0 Å². The molecule has 2 aliphatic heterocycles. The lowest BCUT2D eigenvalue weighted by Gasteiger charge is -2.33. The minimum Gasteiger partial charge on any atom is -0.491 e. The second-order valence-electron chi connectivity index (χ2n) is 6.33. The van der Waals surface area contributed by atoms with Crippen LogP contribution in [0.2, 0.25) is 0 Å². The molecule has 1 aromatic carbocycles. The molecule has 0 aromatic heterocycles. The second kappa shape index (κ2) is 6.04. The summed E-state index contributed by atoms with van der Waals surface area (Å²) in [5.41, 5.74) is 1.22. The van der Waals surface area contributed by atoms with Gasteiger partial charge in [-0.15, -0.1) is 0 Å². The molecule has 2 unspecified atom stereocenters. The van der Waals surface area contributed by atoms with E-state index in [-0.39, 0.29) is 6.10 Å². The highest BCUT2D eigenvalue weighted by molar-refractivity contribution is 5.47. The van der Waals surface area contributed by atoms with E-state index in [4.69, 9.17) is 4.74 Å². The predicted molar refractivity (Wildman–Crippen MR) is 83.4 cm³/mol. The summed E-state index contributed by atoms with van der Waals surface area (Å²) < 4.78 is 5.69. The smallest absolute Gasteiger partial charge is 0.119 e. The molecule has 2 aliphatic rings. The highest BCUT2D eigenvalue weighted by Crippen LogP contribution is 2.29. The molecule has 110 valence electrons. The number of fused-ring (bicyclic) bond motifs is 1. The van der Waals surface area contributed by atoms with E-state index in [9.17, 15) is 0 Å². The molecule has 2 fully saturated rings. The Kier molecular flexibility index (Phi) is 4.16. The summed E-state index contributed by atoms with van der Waals surface area (Å²) in [6.45, 7) is 6.67. The van der Waals surface area contributed by atoms with Gasteiger partial charge in [0.2, 0.25) is 0 Å². The monoisotopic (exact) mass is 274 g/mol. The first-order chi connectivity index (χ1) is 9.72. The molecule has 0 amide bonds. The van der Waals surface area contributed by atoms with Crippen molar-refractivity contribution >= 4 is 5.69 Å². The molecule has 3 heteroatoms. The lowest BCUT2D eigenvalue weighted by atomic mass is 9.99. The van der Waals surface area contributed by atoms with E-state index < -0.39 is 0 Å². The molecule has 0 radical (unpaired) electrons. The fourth-order valence-corrected chi connectivity index (χ4v) is 3.53. The zero-order valence-corrected chi connectivity index (χ0v) is 12.6. The number of ether oxygens (including phenoxy) is 1. The SMILES string of the molecule is CC(C)Oc1ccc(NC2CCN3CCCCC23)cc1. The molecule has 1 N–H and O–H groups in total. The van der Waals surface area contributed by atoms with Crippen LogP contribution in [0.1, 0.15) is 39.5 Å². The van der Waals surface area contributed by atoms with Gasteiger partial charge in [0, 0.05) is 24.3 Å². The second-order valence-corrected chi connectivity index (χ2v) is 6.33. The van der Waals surface area contributed by atoms with Crippen LogP contribution in [0.15, 0.2) is 24.3 Å². The third kappa shape index (κ3) is 3.09. The standard InChI is InChI=1S/C17H26N2O/c1-13(2)20-15-8-6-14(7-9-15)18-16-10-12-19-11-4-3-5-17(16)19/h6-9,13,16-18H,3-5,10-12H2,1-2H3. The summed E-state index contributed by atoms with van der Waals surface area (Å²) in [5, 5.41) is 3.72. The van der Waals surface area contributed by atoms with Gasteiger partial charge in [-0.25, -0.2) is 0 Å². The van der Waals surface area contributed by atoms with Gasteiger partial charge in [0.15, 0.2) is 0 Å². The highest BCUT2D eigenvalue weighted by atomic mass is 16.5. The minimum absolute atomic E-state index is 0.236. The Labute approximate surface area is 122 Å². The molecule has 0 bridgehead atoms. The minimum atomic E-state index is 0.236. The average Bonchev–Trinajstić information content (AvgIpc) is 2.84. The molecule has 20 heavy (non-hydrogen) atoms. The first kappa shape index (κ1) is 13.7. The molecule has 2 heterocycles. The fourth-order valence-electron chi connectivity index (χ4n) is 3.53. The van der Waals surface area contributed by atoms with Crippen LogP contribution >= 0.6 is 0 Å². The van der Waals surface area contributed by atoms with Gasteiger partial charge in [-0.2, -0.15) is 0 Å². The van der Waals surface area contributed by atoms with Crippen LogP contribution in [0.25, 0.3) is 0 Å². The first-order valence-electron chi connectivity index (χ1n) is 8.00. The van der Waals surface area contributed by atoms with Crippen molar-refractivity contribution in [3.63, 3.8) is 0 Å². The molecule has 0 aliphatic carbocycles. The van der Waals surface area contributed by atoms with E-state index in [1.165, 1.54) is 44.5 Å². The Morgan fingerprint density at radius 3 is 2.65 bits per heavy atom. The van der Waals surface area contributed by atoms with Crippen LogP contribution in [-0.2, 0) is 0 Å². The number of hydrogen-bond donors (Lipinski definition) is 1. The zero-order valence-electron chi connectivity index (χ0n) is 12.6. The van der Waals surface area contributed by atoms with Crippen molar-refractivity contribution in [3.05, 3.63) is 24.3 Å². The molecular weight excluding hydrogens is 248 g/mol. The predicted octanol–water partition coefficient (Wildman–Crippen LogP) is 3.51. The molecule has 2 saturated heterocycles. The quantitative estimate of drug-likeness (QED) is 0.909. The number of benzene rings is 1. The van der Waals surface area contributed by atoms with Crippen LogP contribution in [-0.4, -0.2) is 36.2 Å². The van der Waals surface area contributed by atoms with Gasteiger partial charge in [-0.1, -0.05) is 6.42 Å². The third-order valence-electron chi connectivity index (χ3n) is 4.43. The Morgan fingerprint density at radius 2 is 1.90 bits per heavy atom. The average molecular weight is 274 g/mol. The number of nitrogens with zero attached hydrogens (tertiary/aromatic N) is 1. The normalized spacial score (nSPS) is 26.6. The van der Waals surface area contributed by atoms with Gasteiger partial charge >= 0.3 is 0 Å². The number of piperidine rings is 1. The Morgan fingerprint density at radius 1 is 1.10 bits per heavy atom. The largest absolute Gasteiger partial charge is 0.491 e. The maximum Gasteiger partial charge on any atom is 0.119 e. The molecular formula is C17H26N2O. The van der Waals surface area contributed by atoms with Crippen molar-refractivity contribution in [3.8, 4) is 5.75 Å². The van der Waals surface area contributed by atoms with Crippen molar-refractivity contribution in [2.24, 2.45) is 0 Å². The number of hydrogen-bond acceptors (Lipinski definition) is 3. The van der Waals surface area contributed by atoms with Crippen LogP contribution in [0.3, 0.4) is 0 Å². The Hall–Kier alpha value is -1.22. The summed E-state index contributed by atoms with van der Waals surface area (Å²) in [4.78, 5) is 2.66. The molecule has 3 rings (SSSR count). The van der Waals surface area contributed by atoms with Crippen molar-refractivity contribution in [2.75, 3.05) is 18.4 Å². The van der Waals surface area contributed by atoms with Crippen LogP contribution in [0.4, 0.5) is 5.69 Å². The molecule has 0 saturated carbocycles. The van der Waals surface area contributed by atoms with Crippen LogP contribution < -0.4 is 10.1 Å². The van der Waals surface area contributed by atoms with Crippen LogP contribution in [0.5, 0.6) is 5.75 Å². The van der Waals surface area contributed by atoms with Crippen molar-refractivity contribution in [2.45, 2.75) is 57.7 Å². The van der Waals surface area contributed by atoms with E-state index in [0.717, 1.165) is 11.8 Å². The first-order valence-corrected chi connectivity index (χ1v) is 8.00. The number of anilines is 1. The van der Waals surface area contributed by atoms with E-state index in [0.29, 0.717) is 6.04 Å². The van der Waals surface area contributed by atoms with E-state index in [2.05, 4.69) is 48.3 Å². The number of rotatable bonds is 4. The topological polar surface area (TPSA) is 24.5 Å². The van der Waals surface area contributed by atoms with Gasteiger partial charge in [-0.05, 0) is 63.9 Å². The summed E-state index contributed by atoms with van der Waals surface area (Å²) >= 11 is 0. The van der Waals surface area contributed by atoms with Gasteiger partial charge in [0.05, 0.1) is 6.10 Å². The van der Waals surface area contributed by atoms with Crippen LogP contribution in [0, 0.1) is 0 Å². The molecule has 1 aromatic rings. The molecule has 0 spiro atoms. The van der Waals surface area contributed by atoms with E-state index in [1.807, 2.05) is 0 Å². The molecule has 3 nitrogen and oxygen atoms in total. The fraction of sp³-hybridized carbons (Fsp3) is 0.647. The third-order valence-corrected chi connectivity index (χ3v) is 4.43. The maximum atomic E-state index is 5.69. The lowest BCUT2D eigenvalue weighted by molar-refractivity contribution is 0.193. The summed E-state index contributed by atoms with van der Waals surface area (Å²) in [6, 6.07) is 9.78. The van der Waals surface area contributed by atoms with Gasteiger partial charge in [-0.3, -0.25) is 4.90 Å². The zero-order chi connectivity index (χ0) is 13.9. The molecule has 2 atom stereocenters. The number of nitrogens with one attached hydrogen (secondary N) is 1. The van der Waals surface area contributed by atoms with Gasteiger partial charge in [0.25, 0.3) is 0 Å². The maximum absolute atomic E-state index is 5.69. The summed E-state index contributed by atoms with van der Waals surface area (Å²) in [5.74, 6) is 0.955. The Bertz CT molecular complexity index is 429. The summed E-state index contributed by atoms with van der Waals surface area (Å²) in [7, 11) is 0. The van der Waals surface area contributed by atoms with Gasteiger partial charge in [0.1, 0.15) is 5.75 Å². The van der Waals surface area contributed by atoms with Crippen molar-refractivity contribution < 1.29 is 4.74 Å². The highest BCUT2D eigenvalue weighted by Gasteiger charge is 2.35.